The van der Waals surface area contributed by atoms with Gasteiger partial charge >= 0.3 is 0 Å². The van der Waals surface area contributed by atoms with Crippen LogP contribution in [0.25, 0.3) is 16.5 Å². The molecular weight excluding hydrogens is 180 g/mol. The zero-order chi connectivity index (χ0) is 10.2. The minimum atomic E-state index is 0.293. The first-order chi connectivity index (χ1) is 6.86. The molecule has 0 radical (unpaired) electrons. The maximum atomic E-state index is 10.4. The number of carbonyl (C=O) groups excluding carboxylic acids is 1. The highest BCUT2D eigenvalue weighted by Gasteiger charge is 1.90. The van der Waals surface area contributed by atoms with Crippen LogP contribution in [0, 0.1) is 0 Å². The first-order valence-corrected chi connectivity index (χ1v) is 3.94. The lowest BCUT2D eigenvalue weighted by atomic mass is 10.2. The number of hydrogen-bond donors (Lipinski definition) is 0. The number of nitrogens with zero attached hydrogens (tertiary/aromatic N) is 4. The highest BCUT2D eigenvalue weighted by molar-refractivity contribution is 5.75. The molecule has 0 spiro atoms. The number of azide groups is 1. The van der Waals surface area contributed by atoms with E-state index in [1.54, 1.807) is 24.4 Å². The van der Waals surface area contributed by atoms with Gasteiger partial charge < -0.3 is 0 Å². The highest BCUT2D eigenvalue weighted by Crippen LogP contribution is 2.02. The van der Waals surface area contributed by atoms with Gasteiger partial charge in [-0.25, -0.2) is 0 Å². The van der Waals surface area contributed by atoms with E-state index in [0.29, 0.717) is 12.1 Å². The number of rotatable bonds is 4. The topological polar surface area (TPSA) is 78.7 Å². The molecule has 0 aromatic carbocycles. The van der Waals surface area contributed by atoms with Crippen LogP contribution in [0.1, 0.15) is 15.9 Å². The molecule has 0 aliphatic heterocycles. The van der Waals surface area contributed by atoms with E-state index in [1.165, 1.54) is 6.20 Å². The normalized spacial score (nSPS) is 9.71. The summed E-state index contributed by atoms with van der Waals surface area (Å²) < 4.78 is 0. The first kappa shape index (κ1) is 9.95. The van der Waals surface area contributed by atoms with Crippen molar-refractivity contribution >= 4 is 12.4 Å². The lowest BCUT2D eigenvalue weighted by Crippen LogP contribution is -1.83. The van der Waals surface area contributed by atoms with Crippen molar-refractivity contribution in [2.75, 3.05) is 6.54 Å². The second-order valence-corrected chi connectivity index (χ2v) is 2.49. The standard InChI is InChI=1S/C9H8N4O/c10-13-12-3-1-2-8-4-9(7-14)6-11-5-8/h1-2,4-7H,3H2. The Morgan fingerprint density at radius 3 is 3.00 bits per heavy atom. The minimum Gasteiger partial charge on any atom is -0.298 e. The van der Waals surface area contributed by atoms with E-state index in [0.717, 1.165) is 11.8 Å². The Kier molecular flexibility index (Phi) is 3.91. The van der Waals surface area contributed by atoms with Crippen LogP contribution in [0.3, 0.4) is 0 Å². The van der Waals surface area contributed by atoms with Crippen LogP contribution >= 0.6 is 0 Å². The molecule has 0 unspecified atom stereocenters. The fourth-order valence-electron chi connectivity index (χ4n) is 0.904. The Hall–Kier alpha value is -2.13. The quantitative estimate of drug-likeness (QED) is 0.314. The van der Waals surface area contributed by atoms with Crippen molar-refractivity contribution in [3.8, 4) is 0 Å². The van der Waals surface area contributed by atoms with Crippen LogP contribution in [0.5, 0.6) is 0 Å². The Bertz CT molecular complexity index is 394. The average molecular weight is 188 g/mol. The zero-order valence-electron chi connectivity index (χ0n) is 7.37. The van der Waals surface area contributed by atoms with E-state index < -0.39 is 0 Å². The maximum Gasteiger partial charge on any atom is 0.151 e. The van der Waals surface area contributed by atoms with E-state index in [2.05, 4.69) is 15.0 Å². The third-order valence-electron chi connectivity index (χ3n) is 1.48. The molecule has 0 saturated heterocycles. The number of carbonyl (C=O) groups is 1. The zero-order valence-corrected chi connectivity index (χ0v) is 7.37. The molecule has 1 aromatic rings. The largest absolute Gasteiger partial charge is 0.298 e. The molecule has 0 aliphatic carbocycles. The van der Waals surface area contributed by atoms with Gasteiger partial charge in [-0.3, -0.25) is 9.78 Å². The SMILES string of the molecule is [N-]=[N+]=NCC=Cc1cncc(C=O)c1. The van der Waals surface area contributed by atoms with Gasteiger partial charge in [0.25, 0.3) is 0 Å². The van der Waals surface area contributed by atoms with Gasteiger partial charge in [-0.05, 0) is 17.2 Å². The van der Waals surface area contributed by atoms with E-state index in [1.807, 2.05) is 0 Å². The third-order valence-corrected chi connectivity index (χ3v) is 1.48. The summed E-state index contributed by atoms with van der Waals surface area (Å²) in [5.74, 6) is 0. The molecule has 14 heavy (non-hydrogen) atoms. The Morgan fingerprint density at radius 1 is 1.50 bits per heavy atom. The highest BCUT2D eigenvalue weighted by atomic mass is 16.1. The lowest BCUT2D eigenvalue weighted by Gasteiger charge is -1.92. The van der Waals surface area contributed by atoms with Gasteiger partial charge in [0.15, 0.2) is 6.29 Å². The molecule has 0 fully saturated rings. The molecule has 0 amide bonds. The lowest BCUT2D eigenvalue weighted by molar-refractivity contribution is 0.112. The predicted molar refractivity (Wildman–Crippen MR) is 52.7 cm³/mol. The van der Waals surface area contributed by atoms with Gasteiger partial charge in [0, 0.05) is 29.4 Å². The van der Waals surface area contributed by atoms with Crippen molar-refractivity contribution in [1.82, 2.24) is 4.98 Å². The van der Waals surface area contributed by atoms with Gasteiger partial charge in [0.2, 0.25) is 0 Å². The van der Waals surface area contributed by atoms with Crippen molar-refractivity contribution in [3.05, 3.63) is 46.1 Å². The summed E-state index contributed by atoms with van der Waals surface area (Å²) in [7, 11) is 0. The molecule has 1 aromatic heterocycles. The van der Waals surface area contributed by atoms with Crippen molar-refractivity contribution in [2.45, 2.75) is 0 Å². The summed E-state index contributed by atoms with van der Waals surface area (Å²) in [6.45, 7) is 0.293. The molecule has 0 atom stereocenters. The maximum absolute atomic E-state index is 10.4. The second-order valence-electron chi connectivity index (χ2n) is 2.49. The molecule has 70 valence electrons. The number of hydrogen-bond acceptors (Lipinski definition) is 3. The van der Waals surface area contributed by atoms with Crippen LogP contribution in [0.4, 0.5) is 0 Å². The van der Waals surface area contributed by atoms with Crippen LogP contribution in [-0.2, 0) is 0 Å². The van der Waals surface area contributed by atoms with Crippen LogP contribution in [-0.4, -0.2) is 17.8 Å². The molecule has 0 N–H and O–H groups in total. The average Bonchev–Trinajstić information content (AvgIpc) is 2.25. The van der Waals surface area contributed by atoms with Crippen molar-refractivity contribution in [3.63, 3.8) is 0 Å². The number of aldehydes is 1. The van der Waals surface area contributed by atoms with Gasteiger partial charge in [-0.15, -0.1) is 0 Å². The van der Waals surface area contributed by atoms with Crippen LogP contribution in [0.2, 0.25) is 0 Å². The molecular formula is C9H8N4O. The summed E-state index contributed by atoms with van der Waals surface area (Å²) in [4.78, 5) is 16.9. The molecule has 0 aliphatic rings. The summed E-state index contributed by atoms with van der Waals surface area (Å²) in [6, 6.07) is 1.70. The molecule has 1 rings (SSSR count). The molecule has 5 nitrogen and oxygen atoms in total. The summed E-state index contributed by atoms with van der Waals surface area (Å²) in [5, 5.41) is 3.33. The first-order valence-electron chi connectivity index (χ1n) is 3.94. The fourth-order valence-corrected chi connectivity index (χ4v) is 0.904. The van der Waals surface area contributed by atoms with Crippen LogP contribution in [0.15, 0.2) is 29.7 Å². The molecule has 0 bridgehead atoms. The van der Waals surface area contributed by atoms with Crippen molar-refractivity contribution in [2.24, 2.45) is 5.11 Å². The second kappa shape index (κ2) is 5.50. The number of aromatic nitrogens is 1. The number of pyridine rings is 1. The summed E-state index contributed by atoms with van der Waals surface area (Å²) >= 11 is 0. The Labute approximate surface area is 80.7 Å². The van der Waals surface area contributed by atoms with E-state index in [-0.39, 0.29) is 0 Å². The fraction of sp³-hybridized carbons (Fsp3) is 0.111. The summed E-state index contributed by atoms with van der Waals surface area (Å²) in [6.07, 6.45) is 7.29. The Balaban J connectivity index is 2.70. The molecule has 5 heteroatoms. The minimum absolute atomic E-state index is 0.293. The Morgan fingerprint density at radius 2 is 2.29 bits per heavy atom. The smallest absolute Gasteiger partial charge is 0.151 e. The van der Waals surface area contributed by atoms with Gasteiger partial charge in [0.1, 0.15) is 0 Å². The van der Waals surface area contributed by atoms with E-state index in [9.17, 15) is 4.79 Å². The third kappa shape index (κ3) is 3.08. The predicted octanol–water partition coefficient (Wildman–Crippen LogP) is 2.22. The van der Waals surface area contributed by atoms with Gasteiger partial charge in [-0.2, -0.15) is 0 Å². The van der Waals surface area contributed by atoms with Crippen LogP contribution < -0.4 is 0 Å². The van der Waals surface area contributed by atoms with Gasteiger partial charge in [-0.1, -0.05) is 17.3 Å². The molecule has 0 saturated carbocycles. The molecule has 1 heterocycles. The monoisotopic (exact) mass is 188 g/mol. The van der Waals surface area contributed by atoms with E-state index in [4.69, 9.17) is 5.53 Å². The summed E-state index contributed by atoms with van der Waals surface area (Å²) in [5.41, 5.74) is 9.34. The van der Waals surface area contributed by atoms with Crippen molar-refractivity contribution < 1.29 is 4.79 Å². The van der Waals surface area contributed by atoms with Gasteiger partial charge in [0.05, 0.1) is 0 Å². The van der Waals surface area contributed by atoms with E-state index >= 15 is 0 Å². The van der Waals surface area contributed by atoms with Crippen molar-refractivity contribution in [1.29, 1.82) is 0 Å².